The number of hydrogen-bond donors (Lipinski definition) is 1. The maximum atomic E-state index is 13.4. The van der Waals surface area contributed by atoms with Crippen molar-refractivity contribution in [2.75, 3.05) is 5.73 Å². The monoisotopic (exact) mass is 216 g/mol. The summed E-state index contributed by atoms with van der Waals surface area (Å²) >= 11 is 0. The molecule has 0 aliphatic heterocycles. The summed E-state index contributed by atoms with van der Waals surface area (Å²) in [4.78, 5) is 4.23. The molecule has 3 heteroatoms. The minimum absolute atomic E-state index is 0.237. The summed E-state index contributed by atoms with van der Waals surface area (Å²) in [6, 6.07) is 6.85. The normalized spacial score (nSPS) is 10.4. The molecule has 1 aromatic heterocycles. The average Bonchev–Trinajstić information content (AvgIpc) is 2.22. The van der Waals surface area contributed by atoms with Crippen molar-refractivity contribution in [1.29, 1.82) is 0 Å². The van der Waals surface area contributed by atoms with E-state index in [4.69, 9.17) is 5.73 Å². The molecular weight excluding hydrogens is 203 g/mol. The lowest BCUT2D eigenvalue weighted by Crippen LogP contribution is -1.95. The third-order valence-electron chi connectivity index (χ3n) is 2.50. The molecule has 1 aromatic carbocycles. The summed E-state index contributed by atoms with van der Waals surface area (Å²) in [5.41, 5.74) is 9.38. The Morgan fingerprint density at radius 1 is 1.19 bits per heavy atom. The standard InChI is InChI=1S/C13H13FN2/c1-8-5-12(15)13(16-7-8)10-4-3-9(2)11(14)6-10/h3-7H,15H2,1-2H3. The second-order valence-corrected chi connectivity index (χ2v) is 3.91. The quantitative estimate of drug-likeness (QED) is 0.795. The van der Waals surface area contributed by atoms with Crippen molar-refractivity contribution in [3.63, 3.8) is 0 Å². The number of rotatable bonds is 1. The lowest BCUT2D eigenvalue weighted by molar-refractivity contribution is 0.619. The van der Waals surface area contributed by atoms with Crippen LogP contribution in [0.3, 0.4) is 0 Å². The van der Waals surface area contributed by atoms with Gasteiger partial charge in [-0.25, -0.2) is 4.39 Å². The molecule has 0 radical (unpaired) electrons. The van der Waals surface area contributed by atoms with Crippen molar-refractivity contribution < 1.29 is 4.39 Å². The first-order valence-corrected chi connectivity index (χ1v) is 5.06. The van der Waals surface area contributed by atoms with E-state index in [-0.39, 0.29) is 5.82 Å². The molecule has 0 saturated carbocycles. The Balaban J connectivity index is 2.54. The van der Waals surface area contributed by atoms with Crippen LogP contribution in [0.2, 0.25) is 0 Å². The van der Waals surface area contributed by atoms with Crippen molar-refractivity contribution in [2.24, 2.45) is 0 Å². The molecule has 82 valence electrons. The van der Waals surface area contributed by atoms with E-state index in [2.05, 4.69) is 4.98 Å². The molecule has 2 nitrogen and oxygen atoms in total. The highest BCUT2D eigenvalue weighted by Gasteiger charge is 2.06. The molecule has 0 saturated heterocycles. The number of hydrogen-bond acceptors (Lipinski definition) is 2. The molecular formula is C13H13FN2. The van der Waals surface area contributed by atoms with Gasteiger partial charge in [0.2, 0.25) is 0 Å². The fourth-order valence-electron chi connectivity index (χ4n) is 1.57. The second-order valence-electron chi connectivity index (χ2n) is 3.91. The molecule has 0 fully saturated rings. The first-order chi connectivity index (χ1) is 7.58. The van der Waals surface area contributed by atoms with E-state index in [1.807, 2.05) is 19.1 Å². The van der Waals surface area contributed by atoms with Crippen LogP contribution in [0.4, 0.5) is 10.1 Å². The zero-order valence-corrected chi connectivity index (χ0v) is 9.29. The lowest BCUT2D eigenvalue weighted by atomic mass is 10.1. The van der Waals surface area contributed by atoms with Gasteiger partial charge in [-0.3, -0.25) is 4.98 Å². The van der Waals surface area contributed by atoms with Gasteiger partial charge in [-0.2, -0.15) is 0 Å². The molecule has 2 rings (SSSR count). The van der Waals surface area contributed by atoms with Crippen molar-refractivity contribution in [3.05, 3.63) is 47.4 Å². The van der Waals surface area contributed by atoms with Crippen LogP contribution in [0, 0.1) is 19.7 Å². The predicted octanol–water partition coefficient (Wildman–Crippen LogP) is 3.09. The van der Waals surface area contributed by atoms with Crippen LogP contribution in [0.5, 0.6) is 0 Å². The number of aryl methyl sites for hydroxylation is 2. The average molecular weight is 216 g/mol. The SMILES string of the molecule is Cc1cnc(-c2ccc(C)c(F)c2)c(N)c1. The maximum absolute atomic E-state index is 13.4. The van der Waals surface area contributed by atoms with Gasteiger partial charge in [0, 0.05) is 11.8 Å². The van der Waals surface area contributed by atoms with E-state index in [1.165, 1.54) is 6.07 Å². The molecule has 0 aliphatic carbocycles. The third-order valence-corrected chi connectivity index (χ3v) is 2.50. The summed E-state index contributed by atoms with van der Waals surface area (Å²) in [5, 5.41) is 0. The van der Waals surface area contributed by atoms with Crippen molar-refractivity contribution in [2.45, 2.75) is 13.8 Å². The number of benzene rings is 1. The van der Waals surface area contributed by atoms with E-state index >= 15 is 0 Å². The molecule has 2 aromatic rings. The van der Waals surface area contributed by atoms with E-state index in [0.717, 1.165) is 5.56 Å². The Kier molecular flexibility index (Phi) is 2.60. The Hall–Kier alpha value is -1.90. The number of nitrogens with zero attached hydrogens (tertiary/aromatic N) is 1. The van der Waals surface area contributed by atoms with Gasteiger partial charge in [0.05, 0.1) is 11.4 Å². The van der Waals surface area contributed by atoms with Gasteiger partial charge in [0.1, 0.15) is 5.82 Å². The van der Waals surface area contributed by atoms with Gasteiger partial charge in [0.15, 0.2) is 0 Å². The van der Waals surface area contributed by atoms with E-state index < -0.39 is 0 Å². The van der Waals surface area contributed by atoms with Crippen LogP contribution in [0.25, 0.3) is 11.3 Å². The fraction of sp³-hybridized carbons (Fsp3) is 0.154. The summed E-state index contributed by atoms with van der Waals surface area (Å²) in [6.07, 6.45) is 1.73. The van der Waals surface area contributed by atoms with Gasteiger partial charge < -0.3 is 5.73 Å². The van der Waals surface area contributed by atoms with Gasteiger partial charge in [-0.15, -0.1) is 0 Å². The van der Waals surface area contributed by atoms with Crippen LogP contribution in [-0.4, -0.2) is 4.98 Å². The number of pyridine rings is 1. The highest BCUT2D eigenvalue weighted by Crippen LogP contribution is 2.25. The summed E-state index contributed by atoms with van der Waals surface area (Å²) in [5.74, 6) is -0.237. The molecule has 0 bridgehead atoms. The maximum Gasteiger partial charge on any atom is 0.126 e. The molecule has 16 heavy (non-hydrogen) atoms. The molecule has 0 atom stereocenters. The fourth-order valence-corrected chi connectivity index (χ4v) is 1.57. The first kappa shape index (κ1) is 10.6. The second kappa shape index (κ2) is 3.93. The van der Waals surface area contributed by atoms with Crippen LogP contribution in [0.1, 0.15) is 11.1 Å². The zero-order chi connectivity index (χ0) is 11.7. The first-order valence-electron chi connectivity index (χ1n) is 5.06. The Bertz CT molecular complexity index is 535. The molecule has 1 heterocycles. The summed E-state index contributed by atoms with van der Waals surface area (Å²) in [7, 11) is 0. The minimum atomic E-state index is -0.237. The van der Waals surface area contributed by atoms with Crippen LogP contribution in [0.15, 0.2) is 30.5 Å². The summed E-state index contributed by atoms with van der Waals surface area (Å²) < 4.78 is 13.4. The van der Waals surface area contributed by atoms with E-state index in [9.17, 15) is 4.39 Å². The van der Waals surface area contributed by atoms with Crippen molar-refractivity contribution in [1.82, 2.24) is 4.98 Å². The molecule has 0 aliphatic rings. The Morgan fingerprint density at radius 3 is 2.56 bits per heavy atom. The lowest BCUT2D eigenvalue weighted by Gasteiger charge is -2.06. The smallest absolute Gasteiger partial charge is 0.126 e. The predicted molar refractivity (Wildman–Crippen MR) is 63.5 cm³/mol. The van der Waals surface area contributed by atoms with E-state index in [1.54, 1.807) is 19.2 Å². The highest BCUT2D eigenvalue weighted by atomic mass is 19.1. The number of nitrogens with two attached hydrogens (primary N) is 1. The zero-order valence-electron chi connectivity index (χ0n) is 9.29. The topological polar surface area (TPSA) is 38.9 Å². The van der Waals surface area contributed by atoms with Crippen LogP contribution >= 0.6 is 0 Å². The number of nitrogen functional groups attached to an aromatic ring is 1. The Labute approximate surface area is 93.9 Å². The number of anilines is 1. The van der Waals surface area contributed by atoms with Gasteiger partial charge >= 0.3 is 0 Å². The largest absolute Gasteiger partial charge is 0.397 e. The van der Waals surface area contributed by atoms with Gasteiger partial charge in [-0.1, -0.05) is 12.1 Å². The Morgan fingerprint density at radius 2 is 1.94 bits per heavy atom. The minimum Gasteiger partial charge on any atom is -0.397 e. The van der Waals surface area contributed by atoms with Crippen LogP contribution in [-0.2, 0) is 0 Å². The van der Waals surface area contributed by atoms with E-state index in [0.29, 0.717) is 22.5 Å². The third kappa shape index (κ3) is 1.89. The molecule has 0 amide bonds. The van der Waals surface area contributed by atoms with Crippen LogP contribution < -0.4 is 5.73 Å². The van der Waals surface area contributed by atoms with Crippen molar-refractivity contribution in [3.8, 4) is 11.3 Å². The number of aromatic nitrogens is 1. The van der Waals surface area contributed by atoms with Crippen molar-refractivity contribution >= 4 is 5.69 Å². The highest BCUT2D eigenvalue weighted by molar-refractivity contribution is 5.72. The van der Waals surface area contributed by atoms with Gasteiger partial charge in [-0.05, 0) is 37.1 Å². The summed E-state index contributed by atoms with van der Waals surface area (Å²) in [6.45, 7) is 3.65. The molecule has 2 N–H and O–H groups in total. The number of halogens is 1. The molecule has 0 unspecified atom stereocenters. The van der Waals surface area contributed by atoms with Gasteiger partial charge in [0.25, 0.3) is 0 Å². The molecule has 0 spiro atoms.